The van der Waals surface area contributed by atoms with Crippen LogP contribution in [0.15, 0.2) is 0 Å². The van der Waals surface area contributed by atoms with Crippen LogP contribution in [0.2, 0.25) is 0 Å². The number of nitriles is 1. The van der Waals surface area contributed by atoms with E-state index in [0.29, 0.717) is 36.0 Å². The van der Waals surface area contributed by atoms with Crippen LogP contribution in [0.4, 0.5) is 0 Å². The largest absolute Gasteiger partial charge is 0.354 e. The fourth-order valence-electron chi connectivity index (χ4n) is 8.82. The molecule has 3 saturated carbocycles. The molecule has 5 rings (SSSR count). The van der Waals surface area contributed by atoms with Crippen molar-refractivity contribution in [3.8, 4) is 6.07 Å². The molecule has 0 radical (unpaired) electrons. The first kappa shape index (κ1) is 24.5. The van der Waals surface area contributed by atoms with Crippen LogP contribution in [-0.4, -0.2) is 36.6 Å². The van der Waals surface area contributed by atoms with Crippen LogP contribution in [0, 0.1) is 52.3 Å². The highest BCUT2D eigenvalue weighted by Crippen LogP contribution is 2.49. The molecule has 2 aliphatic heterocycles. The van der Waals surface area contributed by atoms with Gasteiger partial charge in [-0.15, -0.1) is 0 Å². The van der Waals surface area contributed by atoms with E-state index >= 15 is 0 Å². The lowest BCUT2D eigenvalue weighted by molar-refractivity contribution is -0.120. The van der Waals surface area contributed by atoms with Gasteiger partial charge in [0, 0.05) is 37.6 Å². The summed E-state index contributed by atoms with van der Waals surface area (Å²) in [5, 5.41) is 16.7. The quantitative estimate of drug-likeness (QED) is 0.502. The molecule has 34 heavy (non-hydrogen) atoms. The second kappa shape index (κ2) is 10.1. The number of rotatable bonds is 4. The Morgan fingerprint density at radius 2 is 1.65 bits per heavy atom. The van der Waals surface area contributed by atoms with Crippen molar-refractivity contribution in [3.63, 3.8) is 0 Å². The first-order valence-corrected chi connectivity index (χ1v) is 14.3. The van der Waals surface area contributed by atoms with Crippen LogP contribution in [0.25, 0.3) is 0 Å². The fourth-order valence-corrected chi connectivity index (χ4v) is 8.82. The number of fused-ring (bicyclic) bond motifs is 3. The SMILES string of the molecule is CC(=O)NC1CCCC(C2CCC3NCC4NNC(C5CCC(C(C)(C)C#N)CC5)C4C3C2)C1. The third kappa shape index (κ3) is 4.90. The Bertz CT molecular complexity index is 769. The highest BCUT2D eigenvalue weighted by atomic mass is 16.1. The standard InChI is InChI=1S/C28H47N5O/c1-17(34)31-22-6-4-5-19(13-22)20-9-12-24-23(14-20)26-25(15-30-24)32-33-27(26)18-7-10-21(11-8-18)28(2,3)16-29/h18-27,30,32-33H,4-15H2,1-3H3,(H,31,34). The predicted octanol–water partition coefficient (Wildman–Crippen LogP) is 3.89. The Morgan fingerprint density at radius 3 is 2.38 bits per heavy atom. The normalized spacial score (nSPS) is 45.0. The summed E-state index contributed by atoms with van der Waals surface area (Å²) in [6.07, 6.45) is 13.9. The van der Waals surface area contributed by atoms with Gasteiger partial charge in [0.05, 0.1) is 11.5 Å². The Morgan fingerprint density at radius 1 is 0.912 bits per heavy atom. The molecule has 8 unspecified atom stereocenters. The summed E-state index contributed by atoms with van der Waals surface area (Å²) >= 11 is 0. The molecule has 6 nitrogen and oxygen atoms in total. The molecule has 8 atom stereocenters. The maximum atomic E-state index is 11.6. The average Bonchev–Trinajstić information content (AvgIpc) is 3.28. The van der Waals surface area contributed by atoms with E-state index in [1.807, 2.05) is 0 Å². The summed E-state index contributed by atoms with van der Waals surface area (Å²) in [6.45, 7) is 7.01. The van der Waals surface area contributed by atoms with Crippen LogP contribution in [-0.2, 0) is 4.79 Å². The summed E-state index contributed by atoms with van der Waals surface area (Å²) in [7, 11) is 0. The van der Waals surface area contributed by atoms with Crippen molar-refractivity contribution >= 4 is 5.91 Å². The molecule has 3 aliphatic carbocycles. The molecule has 5 aliphatic rings. The van der Waals surface area contributed by atoms with E-state index in [2.05, 4.69) is 41.4 Å². The zero-order chi connectivity index (χ0) is 23.9. The third-order valence-electron chi connectivity index (χ3n) is 10.7. The van der Waals surface area contributed by atoms with Gasteiger partial charge in [-0.3, -0.25) is 15.6 Å². The van der Waals surface area contributed by atoms with Crippen molar-refractivity contribution in [2.24, 2.45) is 40.9 Å². The zero-order valence-corrected chi connectivity index (χ0v) is 21.6. The lowest BCUT2D eigenvalue weighted by atomic mass is 9.59. The van der Waals surface area contributed by atoms with Gasteiger partial charge in [0.2, 0.25) is 5.91 Å². The van der Waals surface area contributed by atoms with Gasteiger partial charge in [0.1, 0.15) is 0 Å². The highest BCUT2D eigenvalue weighted by molar-refractivity contribution is 5.73. The third-order valence-corrected chi connectivity index (χ3v) is 10.7. The first-order valence-electron chi connectivity index (χ1n) is 14.3. The van der Waals surface area contributed by atoms with E-state index in [-0.39, 0.29) is 11.3 Å². The van der Waals surface area contributed by atoms with Crippen LogP contribution in [0.5, 0.6) is 0 Å². The van der Waals surface area contributed by atoms with Gasteiger partial charge in [-0.2, -0.15) is 5.26 Å². The van der Waals surface area contributed by atoms with Gasteiger partial charge >= 0.3 is 0 Å². The summed E-state index contributed by atoms with van der Waals surface area (Å²) in [4.78, 5) is 11.6. The molecule has 0 aromatic carbocycles. The van der Waals surface area contributed by atoms with Crippen molar-refractivity contribution in [1.29, 1.82) is 5.26 Å². The minimum atomic E-state index is -0.194. The second-order valence-electron chi connectivity index (χ2n) is 13.0. The second-order valence-corrected chi connectivity index (χ2v) is 13.0. The number of piperidine rings is 1. The number of nitrogens with zero attached hydrogens (tertiary/aromatic N) is 1. The van der Waals surface area contributed by atoms with Gasteiger partial charge in [-0.05, 0) is 107 Å². The number of hydrogen-bond donors (Lipinski definition) is 4. The van der Waals surface area contributed by atoms with Crippen LogP contribution in [0.1, 0.15) is 91.4 Å². The molecule has 5 fully saturated rings. The Balaban J connectivity index is 1.24. The van der Waals surface area contributed by atoms with E-state index in [4.69, 9.17) is 0 Å². The molecule has 6 heteroatoms. The van der Waals surface area contributed by atoms with Gasteiger partial charge < -0.3 is 10.6 Å². The van der Waals surface area contributed by atoms with E-state index in [0.717, 1.165) is 36.6 Å². The molecule has 0 aromatic rings. The molecule has 2 saturated heterocycles. The number of amides is 1. The lowest BCUT2D eigenvalue weighted by Gasteiger charge is -2.50. The van der Waals surface area contributed by atoms with Crippen molar-refractivity contribution in [2.75, 3.05) is 6.54 Å². The Labute approximate surface area is 206 Å². The Hall–Kier alpha value is -1.16. The zero-order valence-electron chi connectivity index (χ0n) is 21.6. The van der Waals surface area contributed by atoms with Crippen molar-refractivity contribution < 1.29 is 4.79 Å². The number of carbonyl (C=O) groups is 1. The van der Waals surface area contributed by atoms with Crippen LogP contribution >= 0.6 is 0 Å². The molecule has 4 N–H and O–H groups in total. The number of carbonyl (C=O) groups excluding carboxylic acids is 1. The number of hydrazine groups is 1. The average molecular weight is 470 g/mol. The van der Waals surface area contributed by atoms with Crippen LogP contribution < -0.4 is 21.5 Å². The topological polar surface area (TPSA) is 89.0 Å². The van der Waals surface area contributed by atoms with Crippen molar-refractivity contribution in [1.82, 2.24) is 21.5 Å². The van der Waals surface area contributed by atoms with Crippen molar-refractivity contribution in [3.05, 3.63) is 0 Å². The number of nitrogens with one attached hydrogen (secondary N) is 4. The molecule has 0 aromatic heterocycles. The van der Waals surface area contributed by atoms with E-state index in [9.17, 15) is 10.1 Å². The minimum Gasteiger partial charge on any atom is -0.354 e. The molecule has 190 valence electrons. The smallest absolute Gasteiger partial charge is 0.217 e. The van der Waals surface area contributed by atoms with E-state index in [1.165, 1.54) is 64.2 Å². The number of hydrogen-bond acceptors (Lipinski definition) is 5. The molecule has 2 heterocycles. The molecule has 1 amide bonds. The van der Waals surface area contributed by atoms with E-state index in [1.54, 1.807) is 6.92 Å². The van der Waals surface area contributed by atoms with Gasteiger partial charge in [0.15, 0.2) is 0 Å². The van der Waals surface area contributed by atoms with Gasteiger partial charge in [0.25, 0.3) is 0 Å². The maximum Gasteiger partial charge on any atom is 0.217 e. The van der Waals surface area contributed by atoms with Gasteiger partial charge in [-0.25, -0.2) is 0 Å². The molecular weight excluding hydrogens is 422 g/mol. The van der Waals surface area contributed by atoms with Crippen LogP contribution in [0.3, 0.4) is 0 Å². The first-order chi connectivity index (χ1) is 16.4. The minimum absolute atomic E-state index is 0.132. The Kier molecular flexibility index (Phi) is 7.27. The lowest BCUT2D eigenvalue weighted by Crippen LogP contribution is -2.58. The highest BCUT2D eigenvalue weighted by Gasteiger charge is 2.52. The molecule has 0 bridgehead atoms. The summed E-state index contributed by atoms with van der Waals surface area (Å²) < 4.78 is 0. The fraction of sp³-hybridized carbons (Fsp3) is 0.929. The van der Waals surface area contributed by atoms with Crippen molar-refractivity contribution in [2.45, 2.75) is 116 Å². The molecular formula is C28H47N5O. The molecule has 0 spiro atoms. The maximum absolute atomic E-state index is 11.6. The monoisotopic (exact) mass is 469 g/mol. The summed E-state index contributed by atoms with van der Waals surface area (Å²) in [5.74, 6) is 4.46. The van der Waals surface area contributed by atoms with E-state index < -0.39 is 0 Å². The van der Waals surface area contributed by atoms with Gasteiger partial charge in [-0.1, -0.05) is 12.8 Å². The summed E-state index contributed by atoms with van der Waals surface area (Å²) in [6, 6.07) is 4.74. The summed E-state index contributed by atoms with van der Waals surface area (Å²) in [5.41, 5.74) is 7.30. The predicted molar refractivity (Wildman–Crippen MR) is 134 cm³/mol.